The number of hydrogen-bond donors (Lipinski definition) is 1. The van der Waals surface area contributed by atoms with Crippen molar-refractivity contribution in [1.82, 2.24) is 15.1 Å². The van der Waals surface area contributed by atoms with Crippen molar-refractivity contribution in [2.75, 3.05) is 13.1 Å². The molecule has 1 saturated heterocycles. The molecule has 1 aromatic heterocycles. The Morgan fingerprint density at radius 2 is 2.05 bits per heavy atom. The minimum atomic E-state index is -0.238. The van der Waals surface area contributed by atoms with Crippen LogP contribution in [0.3, 0.4) is 0 Å². The molecular formula is C15H19ClFN3O. The Morgan fingerprint density at radius 3 is 2.81 bits per heavy atom. The van der Waals surface area contributed by atoms with Crippen molar-refractivity contribution in [3.63, 3.8) is 0 Å². The number of rotatable bonds is 4. The normalized spacial score (nSPS) is 15.5. The molecule has 0 amide bonds. The number of nitrogens with zero attached hydrogens (tertiary/aromatic N) is 2. The molecule has 1 N–H and O–H groups in total. The SMILES string of the molecule is Cl.Fc1ccccc1COc1cnn(C2CCNCC2)c1. The minimum absolute atomic E-state index is 0. The van der Waals surface area contributed by atoms with E-state index in [0.717, 1.165) is 25.9 Å². The van der Waals surface area contributed by atoms with Crippen LogP contribution in [-0.2, 0) is 6.61 Å². The Hall–Kier alpha value is -1.59. The van der Waals surface area contributed by atoms with Gasteiger partial charge in [0.1, 0.15) is 12.4 Å². The van der Waals surface area contributed by atoms with Crippen molar-refractivity contribution in [3.05, 3.63) is 48.0 Å². The first-order chi connectivity index (χ1) is 9.83. The Bertz CT molecular complexity index is 570. The summed E-state index contributed by atoms with van der Waals surface area (Å²) in [5, 5.41) is 7.67. The highest BCUT2D eigenvalue weighted by Gasteiger charge is 2.16. The largest absolute Gasteiger partial charge is 0.486 e. The number of benzene rings is 1. The van der Waals surface area contributed by atoms with Crippen molar-refractivity contribution in [2.24, 2.45) is 0 Å². The lowest BCUT2D eigenvalue weighted by Crippen LogP contribution is -2.29. The minimum Gasteiger partial charge on any atom is -0.486 e. The Balaban J connectivity index is 0.00000161. The molecule has 114 valence electrons. The van der Waals surface area contributed by atoms with E-state index in [-0.39, 0.29) is 24.8 Å². The highest BCUT2D eigenvalue weighted by Crippen LogP contribution is 2.21. The van der Waals surface area contributed by atoms with Gasteiger partial charge in [0.25, 0.3) is 0 Å². The number of halogens is 2. The van der Waals surface area contributed by atoms with Gasteiger partial charge in [-0.15, -0.1) is 12.4 Å². The molecule has 0 bridgehead atoms. The molecule has 2 aromatic rings. The molecule has 0 atom stereocenters. The molecule has 0 radical (unpaired) electrons. The summed E-state index contributed by atoms with van der Waals surface area (Å²) < 4.78 is 21.0. The van der Waals surface area contributed by atoms with Crippen molar-refractivity contribution in [3.8, 4) is 5.75 Å². The van der Waals surface area contributed by atoms with E-state index in [4.69, 9.17) is 4.74 Å². The first-order valence-corrected chi connectivity index (χ1v) is 6.94. The van der Waals surface area contributed by atoms with Gasteiger partial charge in [0.05, 0.1) is 18.4 Å². The fourth-order valence-electron chi connectivity index (χ4n) is 2.44. The molecule has 2 heterocycles. The molecule has 0 unspecified atom stereocenters. The van der Waals surface area contributed by atoms with Crippen LogP contribution in [0.15, 0.2) is 36.7 Å². The van der Waals surface area contributed by atoms with Gasteiger partial charge in [0, 0.05) is 5.56 Å². The van der Waals surface area contributed by atoms with Gasteiger partial charge in [-0.2, -0.15) is 5.10 Å². The lowest BCUT2D eigenvalue weighted by atomic mass is 10.1. The summed E-state index contributed by atoms with van der Waals surface area (Å²) in [5.74, 6) is 0.449. The summed E-state index contributed by atoms with van der Waals surface area (Å²) in [5.41, 5.74) is 0.558. The number of ether oxygens (including phenoxy) is 1. The number of piperidine rings is 1. The van der Waals surface area contributed by atoms with E-state index in [1.807, 2.05) is 10.9 Å². The highest BCUT2D eigenvalue weighted by molar-refractivity contribution is 5.85. The first-order valence-electron chi connectivity index (χ1n) is 6.94. The lowest BCUT2D eigenvalue weighted by molar-refractivity contribution is 0.297. The molecule has 1 aliphatic heterocycles. The number of nitrogens with one attached hydrogen (secondary N) is 1. The third kappa shape index (κ3) is 3.95. The molecule has 0 aliphatic carbocycles. The second-order valence-corrected chi connectivity index (χ2v) is 5.02. The summed E-state index contributed by atoms with van der Waals surface area (Å²) in [6.45, 7) is 2.27. The third-order valence-corrected chi connectivity index (χ3v) is 3.61. The molecule has 1 aromatic carbocycles. The van der Waals surface area contributed by atoms with Crippen LogP contribution in [0.5, 0.6) is 5.75 Å². The van der Waals surface area contributed by atoms with E-state index >= 15 is 0 Å². The molecule has 3 rings (SSSR count). The van der Waals surface area contributed by atoms with Crippen LogP contribution in [0.1, 0.15) is 24.4 Å². The van der Waals surface area contributed by atoms with Crippen molar-refractivity contribution in [2.45, 2.75) is 25.5 Å². The van der Waals surface area contributed by atoms with E-state index in [1.165, 1.54) is 6.07 Å². The fourth-order valence-corrected chi connectivity index (χ4v) is 2.44. The van der Waals surface area contributed by atoms with E-state index in [9.17, 15) is 4.39 Å². The monoisotopic (exact) mass is 311 g/mol. The fraction of sp³-hybridized carbons (Fsp3) is 0.400. The average molecular weight is 312 g/mol. The second kappa shape index (κ2) is 7.43. The summed E-state index contributed by atoms with van der Waals surface area (Å²) in [4.78, 5) is 0. The maximum atomic E-state index is 13.5. The van der Waals surface area contributed by atoms with Gasteiger partial charge in [0.2, 0.25) is 0 Å². The molecule has 21 heavy (non-hydrogen) atoms. The van der Waals surface area contributed by atoms with Crippen LogP contribution >= 0.6 is 12.4 Å². The van der Waals surface area contributed by atoms with Gasteiger partial charge in [0.15, 0.2) is 5.75 Å². The van der Waals surface area contributed by atoms with Crippen molar-refractivity contribution < 1.29 is 9.13 Å². The zero-order chi connectivity index (χ0) is 13.8. The molecule has 1 fully saturated rings. The second-order valence-electron chi connectivity index (χ2n) is 5.02. The molecule has 6 heteroatoms. The first kappa shape index (κ1) is 15.8. The van der Waals surface area contributed by atoms with Crippen LogP contribution in [0.2, 0.25) is 0 Å². The number of hydrogen-bond acceptors (Lipinski definition) is 3. The van der Waals surface area contributed by atoms with E-state index in [2.05, 4.69) is 10.4 Å². The van der Waals surface area contributed by atoms with Crippen LogP contribution in [0.25, 0.3) is 0 Å². The third-order valence-electron chi connectivity index (χ3n) is 3.61. The van der Waals surface area contributed by atoms with Crippen LogP contribution in [0, 0.1) is 5.82 Å². The molecule has 0 spiro atoms. The van der Waals surface area contributed by atoms with Gasteiger partial charge in [-0.25, -0.2) is 4.39 Å². The quantitative estimate of drug-likeness (QED) is 0.943. The maximum Gasteiger partial charge on any atom is 0.157 e. The zero-order valence-corrected chi connectivity index (χ0v) is 12.5. The van der Waals surface area contributed by atoms with Crippen molar-refractivity contribution in [1.29, 1.82) is 0 Å². The van der Waals surface area contributed by atoms with Crippen LogP contribution in [-0.4, -0.2) is 22.9 Å². The topological polar surface area (TPSA) is 39.1 Å². The van der Waals surface area contributed by atoms with Gasteiger partial charge in [-0.1, -0.05) is 18.2 Å². The van der Waals surface area contributed by atoms with E-state index < -0.39 is 0 Å². The summed E-state index contributed by atoms with van der Waals surface area (Å²) >= 11 is 0. The maximum absolute atomic E-state index is 13.5. The van der Waals surface area contributed by atoms with Crippen LogP contribution in [0.4, 0.5) is 4.39 Å². The predicted octanol–water partition coefficient (Wildman–Crippen LogP) is 2.95. The smallest absolute Gasteiger partial charge is 0.157 e. The number of aromatic nitrogens is 2. The molecule has 1 aliphatic rings. The molecular weight excluding hydrogens is 293 g/mol. The Labute approximate surface area is 129 Å². The predicted molar refractivity (Wildman–Crippen MR) is 81.3 cm³/mol. The van der Waals surface area contributed by atoms with E-state index in [0.29, 0.717) is 17.4 Å². The summed E-state index contributed by atoms with van der Waals surface area (Å²) in [6.07, 6.45) is 5.75. The Kier molecular flexibility index (Phi) is 5.59. The zero-order valence-electron chi connectivity index (χ0n) is 11.7. The average Bonchev–Trinajstić information content (AvgIpc) is 2.96. The lowest BCUT2D eigenvalue weighted by Gasteiger charge is -2.22. The summed E-state index contributed by atoms with van der Waals surface area (Å²) in [6, 6.07) is 7.08. The molecule has 4 nitrogen and oxygen atoms in total. The standard InChI is InChI=1S/C15H18FN3O.ClH/c16-15-4-2-1-3-12(15)11-20-14-9-18-19(10-14)13-5-7-17-8-6-13;/h1-4,9-10,13,17H,5-8,11H2;1H. The van der Waals surface area contributed by atoms with Gasteiger partial charge in [-0.05, 0) is 32.0 Å². The Morgan fingerprint density at radius 1 is 1.29 bits per heavy atom. The van der Waals surface area contributed by atoms with Gasteiger partial charge in [-0.3, -0.25) is 4.68 Å². The highest BCUT2D eigenvalue weighted by atomic mass is 35.5. The van der Waals surface area contributed by atoms with Gasteiger partial charge < -0.3 is 10.1 Å². The molecule has 0 saturated carbocycles. The van der Waals surface area contributed by atoms with Crippen molar-refractivity contribution >= 4 is 12.4 Å². The van der Waals surface area contributed by atoms with Gasteiger partial charge >= 0.3 is 0 Å². The summed E-state index contributed by atoms with van der Waals surface area (Å²) in [7, 11) is 0. The van der Waals surface area contributed by atoms with Crippen LogP contribution < -0.4 is 10.1 Å². The van der Waals surface area contributed by atoms with E-state index in [1.54, 1.807) is 24.4 Å².